The number of likely N-dealkylation sites (tertiary alicyclic amines) is 1. The van der Waals surface area contributed by atoms with Crippen LogP contribution in [0.25, 0.3) is 0 Å². The van der Waals surface area contributed by atoms with E-state index in [0.717, 1.165) is 25.1 Å². The summed E-state index contributed by atoms with van der Waals surface area (Å²) in [7, 11) is 0. The maximum atomic E-state index is 12.1. The molecule has 1 amide bonds. The predicted molar refractivity (Wildman–Crippen MR) is 85.8 cm³/mol. The largest absolute Gasteiger partial charge is 0.342 e. The second-order valence-corrected chi connectivity index (χ2v) is 5.81. The zero-order valence-corrected chi connectivity index (χ0v) is 13.5. The molecule has 0 saturated carbocycles. The molecule has 1 aromatic carbocycles. The minimum Gasteiger partial charge on any atom is -0.342 e. The Morgan fingerprint density at radius 2 is 2.15 bits per heavy atom. The lowest BCUT2D eigenvalue weighted by molar-refractivity contribution is -0.130. The summed E-state index contributed by atoms with van der Waals surface area (Å²) in [5.41, 5.74) is 6.59. The van der Waals surface area contributed by atoms with E-state index >= 15 is 0 Å². The maximum Gasteiger partial charge on any atom is 0.222 e. The number of hydrogen-bond acceptors (Lipinski definition) is 2. The first kappa shape index (κ1) is 17.6. The molecule has 3 nitrogen and oxygen atoms in total. The first-order valence-electron chi connectivity index (χ1n) is 6.52. The summed E-state index contributed by atoms with van der Waals surface area (Å²) in [4.78, 5) is 14.0. The van der Waals surface area contributed by atoms with Gasteiger partial charge in [-0.15, -0.1) is 12.4 Å². The third-order valence-corrected chi connectivity index (χ3v) is 4.18. The van der Waals surface area contributed by atoms with Gasteiger partial charge in [0, 0.05) is 29.6 Å². The van der Waals surface area contributed by atoms with Gasteiger partial charge in [0.15, 0.2) is 0 Å². The van der Waals surface area contributed by atoms with Gasteiger partial charge in [-0.2, -0.15) is 0 Å². The van der Waals surface area contributed by atoms with Crippen molar-refractivity contribution < 1.29 is 4.79 Å². The van der Waals surface area contributed by atoms with E-state index in [1.807, 2.05) is 11.0 Å². The summed E-state index contributed by atoms with van der Waals surface area (Å²) in [6.07, 6.45) is 2.15. The van der Waals surface area contributed by atoms with Crippen molar-refractivity contribution in [2.45, 2.75) is 19.3 Å². The quantitative estimate of drug-likeness (QED) is 0.917. The summed E-state index contributed by atoms with van der Waals surface area (Å²) < 4.78 is 0. The van der Waals surface area contributed by atoms with Crippen LogP contribution in [0.4, 0.5) is 0 Å². The number of nitrogens with zero attached hydrogens (tertiary/aromatic N) is 1. The highest BCUT2D eigenvalue weighted by molar-refractivity contribution is 6.35. The van der Waals surface area contributed by atoms with Gasteiger partial charge in [0.2, 0.25) is 5.91 Å². The van der Waals surface area contributed by atoms with E-state index in [9.17, 15) is 4.79 Å². The fourth-order valence-corrected chi connectivity index (χ4v) is 2.88. The summed E-state index contributed by atoms with van der Waals surface area (Å²) in [6, 6.07) is 5.39. The molecule has 0 radical (unpaired) electrons. The molecule has 1 heterocycles. The predicted octanol–water partition coefficient (Wildman–Crippen LogP) is 3.16. The molecule has 2 rings (SSSR count). The Hall–Kier alpha value is -0.480. The zero-order valence-electron chi connectivity index (χ0n) is 11.1. The van der Waals surface area contributed by atoms with Gasteiger partial charge < -0.3 is 10.6 Å². The number of benzene rings is 1. The van der Waals surface area contributed by atoms with Crippen molar-refractivity contribution in [2.75, 3.05) is 19.6 Å². The Balaban J connectivity index is 0.00000200. The molecule has 6 heteroatoms. The van der Waals surface area contributed by atoms with Crippen molar-refractivity contribution in [3.05, 3.63) is 33.8 Å². The third-order valence-electron chi connectivity index (χ3n) is 3.60. The van der Waals surface area contributed by atoms with Gasteiger partial charge in [-0.3, -0.25) is 4.79 Å². The average molecular weight is 338 g/mol. The minimum atomic E-state index is 0. The molecule has 0 aromatic heterocycles. The molecule has 112 valence electrons. The second kappa shape index (κ2) is 8.08. The monoisotopic (exact) mass is 336 g/mol. The van der Waals surface area contributed by atoms with Crippen molar-refractivity contribution in [1.29, 1.82) is 0 Å². The zero-order chi connectivity index (χ0) is 13.8. The minimum absolute atomic E-state index is 0. The van der Waals surface area contributed by atoms with Crippen LogP contribution >= 0.6 is 35.6 Å². The van der Waals surface area contributed by atoms with Gasteiger partial charge in [0.1, 0.15) is 0 Å². The highest BCUT2D eigenvalue weighted by Gasteiger charge is 2.24. The van der Waals surface area contributed by atoms with E-state index < -0.39 is 0 Å². The lowest BCUT2D eigenvalue weighted by Crippen LogP contribution is -2.30. The normalized spacial score (nSPS) is 17.9. The van der Waals surface area contributed by atoms with Crippen LogP contribution in [0.1, 0.15) is 18.4 Å². The van der Waals surface area contributed by atoms with Crippen LogP contribution < -0.4 is 5.73 Å². The van der Waals surface area contributed by atoms with Crippen LogP contribution in [0.15, 0.2) is 18.2 Å². The van der Waals surface area contributed by atoms with Crippen molar-refractivity contribution in [2.24, 2.45) is 11.7 Å². The standard InChI is InChI=1S/C14H18Cl2N2O.ClH/c15-12-3-1-11(13(16)7-12)2-4-14(19)18-6-5-10(8-17)9-18;/h1,3,7,10H,2,4-6,8-9,17H2;1H. The van der Waals surface area contributed by atoms with Gasteiger partial charge in [-0.1, -0.05) is 29.3 Å². The van der Waals surface area contributed by atoms with Gasteiger partial charge in [-0.25, -0.2) is 0 Å². The van der Waals surface area contributed by atoms with Crippen molar-refractivity contribution in [1.82, 2.24) is 4.90 Å². The number of carbonyl (C=O) groups excluding carboxylic acids is 1. The summed E-state index contributed by atoms with van der Waals surface area (Å²) in [5.74, 6) is 0.644. The molecular formula is C14H19Cl3N2O. The number of carbonyl (C=O) groups is 1. The highest BCUT2D eigenvalue weighted by Crippen LogP contribution is 2.23. The molecule has 1 fully saturated rings. The van der Waals surface area contributed by atoms with Crippen LogP contribution in [0.5, 0.6) is 0 Å². The van der Waals surface area contributed by atoms with E-state index in [0.29, 0.717) is 35.3 Å². The van der Waals surface area contributed by atoms with E-state index in [4.69, 9.17) is 28.9 Å². The first-order valence-corrected chi connectivity index (χ1v) is 7.27. The first-order chi connectivity index (χ1) is 9.10. The number of hydrogen-bond donors (Lipinski definition) is 1. The average Bonchev–Trinajstić information content (AvgIpc) is 2.86. The summed E-state index contributed by atoms with van der Waals surface area (Å²) >= 11 is 11.9. The molecule has 20 heavy (non-hydrogen) atoms. The lowest BCUT2D eigenvalue weighted by atomic mass is 10.1. The number of nitrogens with two attached hydrogens (primary N) is 1. The van der Waals surface area contributed by atoms with E-state index in [1.165, 1.54) is 0 Å². The molecule has 0 bridgehead atoms. The third kappa shape index (κ3) is 4.52. The van der Waals surface area contributed by atoms with Gasteiger partial charge in [0.25, 0.3) is 0 Å². The molecule has 1 aliphatic heterocycles. The Kier molecular flexibility index (Phi) is 7.10. The van der Waals surface area contributed by atoms with Gasteiger partial charge in [-0.05, 0) is 43.0 Å². The van der Waals surface area contributed by atoms with E-state index in [2.05, 4.69) is 0 Å². The van der Waals surface area contributed by atoms with Gasteiger partial charge >= 0.3 is 0 Å². The second-order valence-electron chi connectivity index (χ2n) is 4.97. The fourth-order valence-electron chi connectivity index (χ4n) is 2.38. The molecule has 1 atom stereocenters. The van der Waals surface area contributed by atoms with Crippen LogP contribution in [0, 0.1) is 5.92 Å². The van der Waals surface area contributed by atoms with Crippen molar-refractivity contribution in [3.8, 4) is 0 Å². The Bertz CT molecular complexity index is 468. The fraction of sp³-hybridized carbons (Fsp3) is 0.500. The molecule has 0 spiro atoms. The van der Waals surface area contributed by atoms with Crippen molar-refractivity contribution >= 4 is 41.5 Å². The lowest BCUT2D eigenvalue weighted by Gasteiger charge is -2.16. The maximum absolute atomic E-state index is 12.1. The SMILES string of the molecule is Cl.NCC1CCN(C(=O)CCc2ccc(Cl)cc2Cl)C1. The van der Waals surface area contributed by atoms with Gasteiger partial charge in [0.05, 0.1) is 0 Å². The van der Waals surface area contributed by atoms with Crippen LogP contribution in [-0.2, 0) is 11.2 Å². The van der Waals surface area contributed by atoms with E-state index in [-0.39, 0.29) is 18.3 Å². The molecule has 1 aliphatic rings. The topological polar surface area (TPSA) is 46.3 Å². The van der Waals surface area contributed by atoms with Crippen LogP contribution in [0.2, 0.25) is 10.0 Å². The summed E-state index contributed by atoms with van der Waals surface area (Å²) in [6.45, 7) is 2.28. The Labute approximate surface area is 135 Å². The smallest absolute Gasteiger partial charge is 0.222 e. The molecule has 1 saturated heterocycles. The summed E-state index contributed by atoms with van der Waals surface area (Å²) in [5, 5.41) is 1.24. The van der Waals surface area contributed by atoms with E-state index in [1.54, 1.807) is 12.1 Å². The van der Waals surface area contributed by atoms with Crippen molar-refractivity contribution in [3.63, 3.8) is 0 Å². The Morgan fingerprint density at radius 1 is 1.40 bits per heavy atom. The number of rotatable bonds is 4. The number of halogens is 3. The number of aryl methyl sites for hydroxylation is 1. The molecule has 1 aromatic rings. The molecule has 1 unspecified atom stereocenters. The molecule has 0 aliphatic carbocycles. The molecular weight excluding hydrogens is 319 g/mol. The van der Waals surface area contributed by atoms with Crippen LogP contribution in [-0.4, -0.2) is 30.4 Å². The molecule has 2 N–H and O–H groups in total. The highest BCUT2D eigenvalue weighted by atomic mass is 35.5. The van der Waals surface area contributed by atoms with Crippen LogP contribution in [0.3, 0.4) is 0 Å². The number of amides is 1. The Morgan fingerprint density at radius 3 is 2.75 bits per heavy atom.